The molecule has 1 aliphatic rings. The predicted octanol–water partition coefficient (Wildman–Crippen LogP) is 6.11. The van der Waals surface area contributed by atoms with Crippen LogP contribution in [0.1, 0.15) is 44.2 Å². The first kappa shape index (κ1) is 29.1. The number of aromatic nitrogens is 3. The van der Waals surface area contributed by atoms with E-state index in [1.807, 2.05) is 0 Å². The number of hydrogen-bond acceptors (Lipinski definition) is 9. The number of benzene rings is 3. The van der Waals surface area contributed by atoms with Crippen LogP contribution in [0.25, 0.3) is 11.0 Å². The maximum atomic E-state index is 13.5. The molecule has 1 unspecified atom stereocenters. The minimum atomic E-state index is -1.73. The van der Waals surface area contributed by atoms with Gasteiger partial charge in [0.1, 0.15) is 12.0 Å². The summed E-state index contributed by atoms with van der Waals surface area (Å²) in [5, 5.41) is 0.736. The minimum absolute atomic E-state index is 0.00200. The van der Waals surface area contributed by atoms with Crippen molar-refractivity contribution in [1.29, 1.82) is 0 Å². The average Bonchev–Trinajstić information content (AvgIpc) is 3.53. The van der Waals surface area contributed by atoms with Crippen molar-refractivity contribution in [3.63, 3.8) is 0 Å². The van der Waals surface area contributed by atoms with Gasteiger partial charge in [-0.1, -0.05) is 54.6 Å². The zero-order chi connectivity index (χ0) is 30.7. The van der Waals surface area contributed by atoms with Gasteiger partial charge in [-0.2, -0.15) is 0 Å². The van der Waals surface area contributed by atoms with E-state index in [0.717, 1.165) is 8.96 Å². The van der Waals surface area contributed by atoms with E-state index >= 15 is 0 Å². The fraction of sp³-hybridized carbons (Fsp3) is 0.121. The van der Waals surface area contributed by atoms with Crippen LogP contribution in [0.15, 0.2) is 121 Å². The molecule has 11 heteroatoms. The summed E-state index contributed by atoms with van der Waals surface area (Å²) in [6.45, 7) is 1.17. The highest BCUT2D eigenvalue weighted by Crippen LogP contribution is 2.47. The van der Waals surface area contributed by atoms with Crippen LogP contribution >= 0.6 is 22.6 Å². The van der Waals surface area contributed by atoms with Crippen molar-refractivity contribution >= 4 is 51.5 Å². The predicted molar refractivity (Wildman–Crippen MR) is 166 cm³/mol. The first-order valence-corrected chi connectivity index (χ1v) is 14.6. The maximum Gasteiger partial charge on any atom is 0.343 e. The monoisotopic (exact) mass is 701 g/mol. The molecule has 5 aromatic rings. The van der Waals surface area contributed by atoms with Gasteiger partial charge in [-0.3, -0.25) is 4.57 Å². The Bertz CT molecular complexity index is 1880. The average molecular weight is 701 g/mol. The highest BCUT2D eigenvalue weighted by molar-refractivity contribution is 14.1. The quantitative estimate of drug-likeness (QED) is 0.107. The first-order valence-electron chi connectivity index (χ1n) is 13.5. The molecule has 6 rings (SSSR count). The fourth-order valence-corrected chi connectivity index (χ4v) is 5.52. The van der Waals surface area contributed by atoms with E-state index in [2.05, 4.69) is 32.6 Å². The second-order valence-electron chi connectivity index (χ2n) is 9.93. The molecule has 2 aromatic heterocycles. The number of carbonyl (C=O) groups excluding carboxylic acids is 3. The van der Waals surface area contributed by atoms with E-state index in [1.165, 1.54) is 6.33 Å². The Balaban J connectivity index is 1.45. The second kappa shape index (κ2) is 12.3. The third-order valence-corrected chi connectivity index (χ3v) is 7.85. The van der Waals surface area contributed by atoms with Crippen LogP contribution in [0.4, 0.5) is 0 Å². The maximum absolute atomic E-state index is 13.5. The van der Waals surface area contributed by atoms with Gasteiger partial charge in [0.25, 0.3) is 0 Å². The Morgan fingerprint density at radius 1 is 0.864 bits per heavy atom. The smallest absolute Gasteiger partial charge is 0.343 e. The van der Waals surface area contributed by atoms with Crippen LogP contribution in [0.5, 0.6) is 0 Å². The molecule has 0 radical (unpaired) electrons. The van der Waals surface area contributed by atoms with Crippen molar-refractivity contribution in [2.45, 2.75) is 18.8 Å². The molecular weight excluding hydrogens is 677 g/mol. The molecule has 44 heavy (non-hydrogen) atoms. The Hall–Kier alpha value is -5.04. The number of carbonyl (C=O) groups is 3. The molecule has 0 bridgehead atoms. The van der Waals surface area contributed by atoms with E-state index in [1.54, 1.807) is 115 Å². The molecule has 1 aliphatic heterocycles. The van der Waals surface area contributed by atoms with Gasteiger partial charge in [0.15, 0.2) is 18.1 Å². The lowest BCUT2D eigenvalue weighted by Crippen LogP contribution is -2.41. The lowest BCUT2D eigenvalue weighted by molar-refractivity contribution is -0.0892. The highest BCUT2D eigenvalue weighted by Gasteiger charge is 2.55. The van der Waals surface area contributed by atoms with E-state index in [-0.39, 0.29) is 22.6 Å². The van der Waals surface area contributed by atoms with Gasteiger partial charge in [-0.25, -0.2) is 24.4 Å². The summed E-state index contributed by atoms with van der Waals surface area (Å²) in [6, 6.07) is 25.2. The van der Waals surface area contributed by atoms with Crippen molar-refractivity contribution in [1.82, 2.24) is 14.5 Å². The summed E-state index contributed by atoms with van der Waals surface area (Å²) in [4.78, 5) is 48.4. The van der Waals surface area contributed by atoms with Crippen LogP contribution in [-0.4, -0.2) is 44.7 Å². The number of halogens is 1. The molecule has 0 saturated carbocycles. The lowest BCUT2D eigenvalue weighted by Gasteiger charge is -2.32. The minimum Gasteiger partial charge on any atom is -0.462 e. The van der Waals surface area contributed by atoms with Gasteiger partial charge in [0.05, 0.1) is 22.1 Å². The zero-order valence-corrected chi connectivity index (χ0v) is 25.4. The number of ether oxygens (including phenoxy) is 4. The van der Waals surface area contributed by atoms with Gasteiger partial charge in [0.2, 0.25) is 11.8 Å². The largest absolute Gasteiger partial charge is 0.462 e. The summed E-state index contributed by atoms with van der Waals surface area (Å²) < 4.78 is 26.6. The summed E-state index contributed by atoms with van der Waals surface area (Å²) in [5.74, 6) is -2.13. The number of fused-ring (bicyclic) bond motifs is 1. The van der Waals surface area contributed by atoms with Crippen LogP contribution in [0, 0.1) is 3.57 Å². The van der Waals surface area contributed by atoms with Crippen LogP contribution in [-0.2, 0) is 18.9 Å². The zero-order valence-electron chi connectivity index (χ0n) is 23.3. The molecule has 0 fully saturated rings. The van der Waals surface area contributed by atoms with Crippen molar-refractivity contribution in [3.05, 3.63) is 141 Å². The number of hydrogen-bond donors (Lipinski definition) is 0. The third-order valence-electron chi connectivity index (χ3n) is 6.99. The van der Waals surface area contributed by atoms with Gasteiger partial charge < -0.3 is 18.9 Å². The first-order chi connectivity index (χ1) is 21.3. The fourth-order valence-electron chi connectivity index (χ4n) is 4.84. The second-order valence-corrected chi connectivity index (χ2v) is 11.1. The molecule has 3 aromatic carbocycles. The molecule has 0 N–H and O–H groups in total. The number of esters is 3. The van der Waals surface area contributed by atoms with Gasteiger partial charge in [-0.15, -0.1) is 0 Å². The van der Waals surface area contributed by atoms with Crippen LogP contribution in [0.3, 0.4) is 0 Å². The Kier molecular flexibility index (Phi) is 8.11. The summed E-state index contributed by atoms with van der Waals surface area (Å²) in [6.07, 6.45) is 3.72. The molecule has 3 heterocycles. The Morgan fingerprint density at radius 3 is 2.05 bits per heavy atom. The Morgan fingerprint density at radius 2 is 1.43 bits per heavy atom. The van der Waals surface area contributed by atoms with Gasteiger partial charge in [0, 0.05) is 16.0 Å². The van der Waals surface area contributed by atoms with E-state index < -0.39 is 36.3 Å². The van der Waals surface area contributed by atoms with E-state index in [4.69, 9.17) is 18.9 Å². The van der Waals surface area contributed by atoms with Crippen molar-refractivity contribution in [2.75, 3.05) is 6.61 Å². The van der Waals surface area contributed by atoms with Crippen molar-refractivity contribution < 1.29 is 33.3 Å². The molecule has 0 aliphatic carbocycles. The standard InChI is InChI=1S/C33H24IN3O7/c1-33(44-31(40)23-15-9-4-10-16-23)27(43-30(39)22-13-7-3-8-14-22)26(19-41-29(38)21-11-5-2-6-12-21)42-32(33)37-18-25(34)24-17-35-20-36-28(24)37/h2-18,20,32H,19H2,1H3/t32-,33?/m1/s1. The highest BCUT2D eigenvalue weighted by atomic mass is 127. The summed E-state index contributed by atoms with van der Waals surface area (Å²) >= 11 is 2.15. The van der Waals surface area contributed by atoms with E-state index in [9.17, 15) is 14.4 Å². The molecule has 10 nitrogen and oxygen atoms in total. The normalized spacial score (nSPS) is 17.6. The Labute approximate surface area is 265 Å². The number of nitrogens with zero attached hydrogens (tertiary/aromatic N) is 3. The topological polar surface area (TPSA) is 119 Å². The number of rotatable bonds is 8. The van der Waals surface area contributed by atoms with E-state index in [0.29, 0.717) is 11.2 Å². The van der Waals surface area contributed by atoms with Crippen molar-refractivity contribution in [3.8, 4) is 0 Å². The molecule has 0 saturated heterocycles. The van der Waals surface area contributed by atoms with Crippen molar-refractivity contribution in [2.24, 2.45) is 0 Å². The van der Waals surface area contributed by atoms with Gasteiger partial charge in [-0.05, 0) is 65.9 Å². The van der Waals surface area contributed by atoms with Crippen LogP contribution < -0.4 is 0 Å². The van der Waals surface area contributed by atoms with Gasteiger partial charge >= 0.3 is 17.9 Å². The summed E-state index contributed by atoms with van der Waals surface area (Å²) in [5.41, 5.74) is -0.376. The third kappa shape index (κ3) is 5.65. The molecule has 0 amide bonds. The molecule has 220 valence electrons. The van der Waals surface area contributed by atoms with Crippen LogP contribution in [0.2, 0.25) is 0 Å². The lowest BCUT2D eigenvalue weighted by atomic mass is 10.0. The molecular formula is C33H24IN3O7. The molecule has 0 spiro atoms. The molecule has 2 atom stereocenters. The SMILES string of the molecule is CC1(OC(=O)c2ccccc2)C(OC(=O)c2ccccc2)=C(COC(=O)c2ccccc2)O[C@H]1n1cc(I)c2cncnc21. The summed E-state index contributed by atoms with van der Waals surface area (Å²) in [7, 11) is 0.